The molecule has 0 aliphatic carbocycles. The summed E-state index contributed by atoms with van der Waals surface area (Å²) < 4.78 is 5.67. The number of aromatic nitrogens is 1. The second-order valence-corrected chi connectivity index (χ2v) is 4.87. The minimum Gasteiger partial charge on any atom is -0.457 e. The Bertz CT molecular complexity index is 651. The number of rotatable bonds is 7. The number of benzene rings is 1. The van der Waals surface area contributed by atoms with Gasteiger partial charge >= 0.3 is 0 Å². The fourth-order valence-electron chi connectivity index (χ4n) is 1.71. The number of halogens is 1. The van der Waals surface area contributed by atoms with Crippen LogP contribution in [0.4, 0.5) is 5.69 Å². The van der Waals surface area contributed by atoms with Crippen LogP contribution in [0.2, 0.25) is 0 Å². The number of alkyl halides is 1. The molecule has 0 fully saturated rings. The number of nitrogens with one attached hydrogen (secondary N) is 1. The van der Waals surface area contributed by atoms with Gasteiger partial charge in [0.05, 0.1) is 12.0 Å². The van der Waals surface area contributed by atoms with Crippen LogP contribution in [0.1, 0.15) is 10.5 Å². The minimum absolute atomic E-state index is 0.136. The second-order valence-electron chi connectivity index (χ2n) is 4.56. The van der Waals surface area contributed by atoms with E-state index in [1.807, 2.05) is 6.07 Å². The molecule has 1 atom stereocenters. The van der Waals surface area contributed by atoms with E-state index in [1.54, 1.807) is 24.3 Å². The van der Waals surface area contributed by atoms with Gasteiger partial charge in [-0.25, -0.2) is 0 Å². The molecule has 0 bridgehead atoms. The Morgan fingerprint density at radius 2 is 2.14 bits per heavy atom. The van der Waals surface area contributed by atoms with E-state index in [0.717, 1.165) is 5.69 Å². The van der Waals surface area contributed by atoms with Crippen molar-refractivity contribution in [3.8, 4) is 11.5 Å². The second kappa shape index (κ2) is 7.63. The number of carbonyl (C=O) groups excluding carboxylic acids is 1. The van der Waals surface area contributed by atoms with E-state index >= 15 is 0 Å². The summed E-state index contributed by atoms with van der Waals surface area (Å²) in [5, 5.41) is 12.5. The summed E-state index contributed by atoms with van der Waals surface area (Å²) >= 11 is 5.54. The molecular weight excluding hydrogens is 306 g/mol. The molecule has 0 saturated heterocycles. The molecule has 6 nitrogen and oxygen atoms in total. The average molecular weight is 322 g/mol. The zero-order valence-electron chi connectivity index (χ0n) is 11.7. The molecule has 0 spiro atoms. The number of hydrogen-bond donors (Lipinski definition) is 3. The third-order valence-corrected chi connectivity index (χ3v) is 3.13. The van der Waals surface area contributed by atoms with Crippen molar-refractivity contribution >= 4 is 23.2 Å². The van der Waals surface area contributed by atoms with Crippen molar-refractivity contribution in [2.75, 3.05) is 17.7 Å². The number of ether oxygens (including phenoxy) is 1. The van der Waals surface area contributed by atoms with Crippen LogP contribution in [-0.4, -0.2) is 34.5 Å². The number of primary amides is 1. The van der Waals surface area contributed by atoms with E-state index in [4.69, 9.17) is 22.1 Å². The van der Waals surface area contributed by atoms with Crippen LogP contribution in [0.5, 0.6) is 11.5 Å². The van der Waals surface area contributed by atoms with Gasteiger partial charge in [0.25, 0.3) is 5.91 Å². The number of amides is 1. The maximum Gasteiger partial charge on any atom is 0.267 e. The predicted molar refractivity (Wildman–Crippen MR) is 84.5 cm³/mol. The van der Waals surface area contributed by atoms with Crippen LogP contribution in [0.15, 0.2) is 42.6 Å². The minimum atomic E-state index is -0.621. The standard InChI is InChI=1S/C15H16ClN3O3/c16-8-11(20)9-19-10-2-1-3-12(6-10)22-13-4-5-18-14(7-13)15(17)21/h1-7,11,19-20H,8-9H2,(H2,17,21). The van der Waals surface area contributed by atoms with Crippen LogP contribution in [0.25, 0.3) is 0 Å². The number of carbonyl (C=O) groups is 1. The molecule has 7 heteroatoms. The molecule has 0 radical (unpaired) electrons. The number of anilines is 1. The highest BCUT2D eigenvalue weighted by Crippen LogP contribution is 2.24. The first-order valence-electron chi connectivity index (χ1n) is 6.60. The lowest BCUT2D eigenvalue weighted by atomic mass is 10.2. The summed E-state index contributed by atoms with van der Waals surface area (Å²) in [6.45, 7) is 0.341. The molecule has 2 aromatic rings. The van der Waals surface area contributed by atoms with Gasteiger partial charge in [-0.3, -0.25) is 9.78 Å². The van der Waals surface area contributed by atoms with Gasteiger partial charge < -0.3 is 20.9 Å². The number of aliphatic hydroxyl groups excluding tert-OH is 1. The van der Waals surface area contributed by atoms with Gasteiger partial charge in [0.1, 0.15) is 17.2 Å². The van der Waals surface area contributed by atoms with Crippen LogP contribution < -0.4 is 15.8 Å². The molecule has 1 unspecified atom stereocenters. The SMILES string of the molecule is NC(=O)c1cc(Oc2cccc(NCC(O)CCl)c2)ccn1. The van der Waals surface area contributed by atoms with Crippen molar-refractivity contribution in [1.82, 2.24) is 4.98 Å². The van der Waals surface area contributed by atoms with E-state index in [0.29, 0.717) is 18.0 Å². The molecule has 0 aliphatic heterocycles. The molecule has 4 N–H and O–H groups in total. The van der Waals surface area contributed by atoms with E-state index < -0.39 is 12.0 Å². The van der Waals surface area contributed by atoms with Crippen molar-refractivity contribution in [1.29, 1.82) is 0 Å². The average Bonchev–Trinajstić information content (AvgIpc) is 2.53. The van der Waals surface area contributed by atoms with Gasteiger partial charge in [0.2, 0.25) is 0 Å². The largest absolute Gasteiger partial charge is 0.457 e. The fraction of sp³-hybridized carbons (Fsp3) is 0.200. The zero-order chi connectivity index (χ0) is 15.9. The molecule has 1 amide bonds. The number of nitrogens with zero attached hydrogens (tertiary/aromatic N) is 1. The summed E-state index contributed by atoms with van der Waals surface area (Å²) in [5.41, 5.74) is 6.10. The Morgan fingerprint density at radius 1 is 1.36 bits per heavy atom. The Labute approximate surface area is 132 Å². The molecule has 22 heavy (non-hydrogen) atoms. The number of hydrogen-bond acceptors (Lipinski definition) is 5. The Morgan fingerprint density at radius 3 is 2.86 bits per heavy atom. The monoisotopic (exact) mass is 321 g/mol. The topological polar surface area (TPSA) is 97.5 Å². The highest BCUT2D eigenvalue weighted by atomic mass is 35.5. The van der Waals surface area contributed by atoms with Gasteiger partial charge in [-0.05, 0) is 18.2 Å². The summed E-state index contributed by atoms with van der Waals surface area (Å²) in [4.78, 5) is 14.9. The Balaban J connectivity index is 2.07. The first kappa shape index (κ1) is 16.1. The van der Waals surface area contributed by atoms with Crippen LogP contribution in [-0.2, 0) is 0 Å². The van der Waals surface area contributed by atoms with E-state index in [9.17, 15) is 9.90 Å². The third-order valence-electron chi connectivity index (χ3n) is 2.77. The quantitative estimate of drug-likeness (QED) is 0.677. The van der Waals surface area contributed by atoms with Crippen molar-refractivity contribution in [3.63, 3.8) is 0 Å². The predicted octanol–water partition coefficient (Wildman–Crippen LogP) is 1.98. The van der Waals surface area contributed by atoms with E-state index in [-0.39, 0.29) is 11.6 Å². The van der Waals surface area contributed by atoms with Crippen LogP contribution in [0, 0.1) is 0 Å². The summed E-state index contributed by atoms with van der Waals surface area (Å²) in [6.07, 6.45) is 0.832. The van der Waals surface area contributed by atoms with Crippen molar-refractivity contribution < 1.29 is 14.6 Å². The molecular formula is C15H16ClN3O3. The Hall–Kier alpha value is -2.31. The summed E-state index contributed by atoms with van der Waals surface area (Å²) in [5.74, 6) is 0.584. The van der Waals surface area contributed by atoms with Gasteiger partial charge in [-0.15, -0.1) is 11.6 Å². The zero-order valence-corrected chi connectivity index (χ0v) is 12.5. The smallest absolute Gasteiger partial charge is 0.267 e. The van der Waals surface area contributed by atoms with Crippen molar-refractivity contribution in [2.45, 2.75) is 6.10 Å². The lowest BCUT2D eigenvalue weighted by Crippen LogP contribution is -2.20. The normalized spacial score (nSPS) is 11.7. The molecule has 0 saturated carbocycles. The lowest BCUT2D eigenvalue weighted by Gasteiger charge is -2.12. The van der Waals surface area contributed by atoms with Gasteiger partial charge in [-0.1, -0.05) is 6.07 Å². The highest BCUT2D eigenvalue weighted by molar-refractivity contribution is 6.18. The molecule has 1 aromatic heterocycles. The molecule has 1 aromatic carbocycles. The van der Waals surface area contributed by atoms with Crippen LogP contribution in [0.3, 0.4) is 0 Å². The molecule has 0 aliphatic rings. The number of nitrogens with two attached hydrogens (primary N) is 1. The maximum absolute atomic E-state index is 11.1. The Kier molecular flexibility index (Phi) is 5.57. The number of aliphatic hydroxyl groups is 1. The molecule has 116 valence electrons. The van der Waals surface area contributed by atoms with Crippen molar-refractivity contribution in [3.05, 3.63) is 48.3 Å². The molecule has 1 heterocycles. The first-order chi connectivity index (χ1) is 10.6. The van der Waals surface area contributed by atoms with Crippen molar-refractivity contribution in [2.24, 2.45) is 5.73 Å². The summed E-state index contributed by atoms with van der Waals surface area (Å²) in [7, 11) is 0. The highest BCUT2D eigenvalue weighted by Gasteiger charge is 2.06. The lowest BCUT2D eigenvalue weighted by molar-refractivity contribution is 0.0995. The van der Waals surface area contributed by atoms with Gasteiger partial charge in [0, 0.05) is 30.6 Å². The molecule has 2 rings (SSSR count). The first-order valence-corrected chi connectivity index (χ1v) is 7.13. The van der Waals surface area contributed by atoms with Gasteiger partial charge in [-0.2, -0.15) is 0 Å². The third kappa shape index (κ3) is 4.61. The van der Waals surface area contributed by atoms with Crippen LogP contribution >= 0.6 is 11.6 Å². The number of pyridine rings is 1. The summed E-state index contributed by atoms with van der Waals surface area (Å²) in [6, 6.07) is 10.3. The maximum atomic E-state index is 11.1. The van der Waals surface area contributed by atoms with Gasteiger partial charge in [0.15, 0.2) is 0 Å². The van der Waals surface area contributed by atoms with E-state index in [2.05, 4.69) is 10.3 Å². The van der Waals surface area contributed by atoms with E-state index in [1.165, 1.54) is 12.3 Å². The fourth-order valence-corrected chi connectivity index (χ4v) is 1.81.